The van der Waals surface area contributed by atoms with Crippen molar-refractivity contribution in [1.82, 2.24) is 5.32 Å². The summed E-state index contributed by atoms with van der Waals surface area (Å²) in [5.74, 6) is -0.524. The van der Waals surface area contributed by atoms with Gasteiger partial charge in [-0.3, -0.25) is 4.79 Å². The lowest BCUT2D eigenvalue weighted by atomic mass is 9.83. The lowest BCUT2D eigenvalue weighted by Gasteiger charge is -2.25. The Balaban J connectivity index is 0.00000264. The normalized spacial score (nSPS) is 12.2. The number of amides is 1. The predicted molar refractivity (Wildman–Crippen MR) is 93.1 cm³/mol. The van der Waals surface area contributed by atoms with E-state index in [1.165, 1.54) is 12.1 Å². The Hall–Kier alpha value is -1.91. The first-order valence-electron chi connectivity index (χ1n) is 7.26. The van der Waals surface area contributed by atoms with Gasteiger partial charge in [-0.15, -0.1) is 12.4 Å². The van der Waals surface area contributed by atoms with Crippen molar-refractivity contribution in [3.05, 3.63) is 71.5 Å². The number of hydrogen-bond acceptors (Lipinski definition) is 2. The second-order valence-corrected chi connectivity index (χ2v) is 5.86. The zero-order valence-electron chi connectivity index (χ0n) is 13.3. The fourth-order valence-electron chi connectivity index (χ4n) is 2.25. The van der Waals surface area contributed by atoms with Crippen molar-refractivity contribution < 1.29 is 9.18 Å². The van der Waals surface area contributed by atoms with Crippen LogP contribution in [0.4, 0.5) is 4.39 Å². The molecule has 2 aromatic rings. The lowest BCUT2D eigenvalue weighted by Crippen LogP contribution is -2.42. The molecule has 3 nitrogen and oxygen atoms in total. The van der Waals surface area contributed by atoms with E-state index in [0.717, 1.165) is 5.56 Å². The molecule has 2 rings (SSSR count). The molecule has 0 aromatic heterocycles. The van der Waals surface area contributed by atoms with Crippen LogP contribution in [0.1, 0.15) is 31.0 Å². The molecule has 5 heteroatoms. The van der Waals surface area contributed by atoms with Crippen LogP contribution < -0.4 is 11.1 Å². The highest BCUT2D eigenvalue weighted by atomic mass is 35.5. The second kappa shape index (κ2) is 8.09. The lowest BCUT2D eigenvalue weighted by molar-refractivity contribution is -0.125. The van der Waals surface area contributed by atoms with Gasteiger partial charge in [-0.1, -0.05) is 42.5 Å². The molecule has 3 N–H and O–H groups in total. The van der Waals surface area contributed by atoms with E-state index in [2.05, 4.69) is 5.32 Å². The summed E-state index contributed by atoms with van der Waals surface area (Å²) in [4.78, 5) is 12.4. The molecule has 0 bridgehead atoms. The van der Waals surface area contributed by atoms with Crippen molar-refractivity contribution >= 4 is 18.3 Å². The first kappa shape index (κ1) is 19.1. The Kier molecular flexibility index (Phi) is 6.73. The van der Waals surface area contributed by atoms with Gasteiger partial charge in [-0.2, -0.15) is 0 Å². The number of nitrogens with one attached hydrogen (secondary N) is 1. The predicted octanol–water partition coefficient (Wildman–Crippen LogP) is 3.34. The monoisotopic (exact) mass is 336 g/mol. The molecule has 0 fully saturated rings. The van der Waals surface area contributed by atoms with Gasteiger partial charge in [-0.05, 0) is 37.1 Å². The highest BCUT2D eigenvalue weighted by Gasteiger charge is 2.30. The zero-order valence-corrected chi connectivity index (χ0v) is 14.1. The third-order valence-corrected chi connectivity index (χ3v) is 3.82. The molecule has 0 saturated carbocycles. The molecule has 0 aliphatic rings. The largest absolute Gasteiger partial charge is 0.353 e. The maximum Gasteiger partial charge on any atom is 0.230 e. The van der Waals surface area contributed by atoms with Crippen LogP contribution in [0.3, 0.4) is 0 Å². The van der Waals surface area contributed by atoms with Crippen LogP contribution in [0.25, 0.3) is 0 Å². The summed E-state index contributed by atoms with van der Waals surface area (Å²) in [6, 6.07) is 15.4. The van der Waals surface area contributed by atoms with Gasteiger partial charge in [0, 0.05) is 12.6 Å². The molecule has 0 saturated heterocycles. The Morgan fingerprint density at radius 1 is 1.17 bits per heavy atom. The quantitative estimate of drug-likeness (QED) is 0.879. The molecular weight excluding hydrogens is 315 g/mol. The van der Waals surface area contributed by atoms with Crippen LogP contribution in [0.15, 0.2) is 54.6 Å². The molecule has 0 aliphatic heterocycles. The van der Waals surface area contributed by atoms with Crippen molar-refractivity contribution in [3.63, 3.8) is 0 Å². The highest BCUT2D eigenvalue weighted by Crippen LogP contribution is 2.24. The van der Waals surface area contributed by atoms with E-state index in [0.29, 0.717) is 12.1 Å². The molecule has 0 radical (unpaired) electrons. The van der Waals surface area contributed by atoms with Crippen molar-refractivity contribution in [2.24, 2.45) is 5.73 Å². The fraction of sp³-hybridized carbons (Fsp3) is 0.278. The minimum Gasteiger partial charge on any atom is -0.353 e. The van der Waals surface area contributed by atoms with Crippen LogP contribution >= 0.6 is 12.4 Å². The Morgan fingerprint density at radius 3 is 2.43 bits per heavy atom. The second-order valence-electron chi connectivity index (χ2n) is 5.86. The van der Waals surface area contributed by atoms with E-state index in [9.17, 15) is 9.18 Å². The number of halogens is 2. The first-order chi connectivity index (χ1) is 10.4. The third kappa shape index (κ3) is 4.78. The van der Waals surface area contributed by atoms with E-state index < -0.39 is 5.41 Å². The van der Waals surface area contributed by atoms with Gasteiger partial charge < -0.3 is 11.1 Å². The summed E-state index contributed by atoms with van der Waals surface area (Å²) in [6.45, 7) is 3.87. The van der Waals surface area contributed by atoms with Crippen LogP contribution in [-0.2, 0) is 10.2 Å². The summed E-state index contributed by atoms with van der Waals surface area (Å²) in [7, 11) is 0. The number of hydrogen-bond donors (Lipinski definition) is 2. The zero-order chi connectivity index (χ0) is 16.2. The molecule has 0 spiro atoms. The van der Waals surface area contributed by atoms with Gasteiger partial charge in [0.2, 0.25) is 5.91 Å². The van der Waals surface area contributed by atoms with Crippen LogP contribution in [-0.4, -0.2) is 12.5 Å². The standard InChI is InChI=1S/C18H21FN2O.ClH/c1-18(2,14-9-6-10-15(19)11-14)17(22)21-12-16(20)13-7-4-3-5-8-13;/h3-11,16H,12,20H2,1-2H3,(H,21,22);1H. The van der Waals surface area contributed by atoms with Crippen molar-refractivity contribution in [2.75, 3.05) is 6.54 Å². The summed E-state index contributed by atoms with van der Waals surface area (Å²) in [6.07, 6.45) is 0. The average molecular weight is 337 g/mol. The molecular formula is C18H22ClFN2O. The van der Waals surface area contributed by atoms with Gasteiger partial charge in [0.15, 0.2) is 0 Å². The number of nitrogens with two attached hydrogens (primary N) is 1. The molecule has 0 heterocycles. The van der Waals surface area contributed by atoms with E-state index in [1.54, 1.807) is 26.0 Å². The third-order valence-electron chi connectivity index (χ3n) is 3.82. The van der Waals surface area contributed by atoms with Crippen LogP contribution in [0, 0.1) is 5.82 Å². The Labute approximate surface area is 142 Å². The first-order valence-corrected chi connectivity index (χ1v) is 7.26. The van der Waals surface area contributed by atoms with Crippen molar-refractivity contribution in [3.8, 4) is 0 Å². The molecule has 2 aromatic carbocycles. The van der Waals surface area contributed by atoms with Gasteiger partial charge >= 0.3 is 0 Å². The van der Waals surface area contributed by atoms with Crippen molar-refractivity contribution in [2.45, 2.75) is 25.3 Å². The van der Waals surface area contributed by atoms with E-state index in [-0.39, 0.29) is 30.2 Å². The summed E-state index contributed by atoms with van der Waals surface area (Å²) in [5, 5.41) is 2.85. The maximum absolute atomic E-state index is 13.3. The average Bonchev–Trinajstić information content (AvgIpc) is 2.53. The highest BCUT2D eigenvalue weighted by molar-refractivity contribution is 5.87. The fourth-order valence-corrected chi connectivity index (χ4v) is 2.25. The van der Waals surface area contributed by atoms with E-state index in [1.807, 2.05) is 30.3 Å². The maximum atomic E-state index is 13.3. The van der Waals surface area contributed by atoms with Gasteiger partial charge in [-0.25, -0.2) is 4.39 Å². The smallest absolute Gasteiger partial charge is 0.230 e. The molecule has 1 unspecified atom stereocenters. The van der Waals surface area contributed by atoms with E-state index in [4.69, 9.17) is 5.73 Å². The summed E-state index contributed by atoms with van der Waals surface area (Å²) in [5.41, 5.74) is 6.86. The minimum absolute atomic E-state index is 0. The van der Waals surface area contributed by atoms with Crippen molar-refractivity contribution in [1.29, 1.82) is 0 Å². The summed E-state index contributed by atoms with van der Waals surface area (Å²) < 4.78 is 13.3. The number of carbonyl (C=O) groups is 1. The van der Waals surface area contributed by atoms with Gasteiger partial charge in [0.25, 0.3) is 0 Å². The topological polar surface area (TPSA) is 55.1 Å². The number of benzene rings is 2. The van der Waals surface area contributed by atoms with Gasteiger partial charge in [0.1, 0.15) is 5.82 Å². The number of rotatable bonds is 5. The molecule has 0 aliphatic carbocycles. The number of carbonyl (C=O) groups excluding carboxylic acids is 1. The van der Waals surface area contributed by atoms with E-state index >= 15 is 0 Å². The Morgan fingerprint density at radius 2 is 1.83 bits per heavy atom. The molecule has 1 atom stereocenters. The van der Waals surface area contributed by atoms with Crippen LogP contribution in [0.5, 0.6) is 0 Å². The minimum atomic E-state index is -0.821. The van der Waals surface area contributed by atoms with Gasteiger partial charge in [0.05, 0.1) is 5.41 Å². The SMILES string of the molecule is CC(C)(C(=O)NCC(N)c1ccccc1)c1cccc(F)c1.Cl. The summed E-state index contributed by atoms with van der Waals surface area (Å²) >= 11 is 0. The molecule has 124 valence electrons. The molecule has 23 heavy (non-hydrogen) atoms. The van der Waals surface area contributed by atoms with Crippen LogP contribution in [0.2, 0.25) is 0 Å². The molecule has 1 amide bonds. The Bertz CT molecular complexity index is 646.